The molecule has 2 aromatic rings. The van der Waals surface area contributed by atoms with Crippen LogP contribution in [0.1, 0.15) is 11.1 Å². The number of hydrogen-bond acceptors (Lipinski definition) is 0. The summed E-state index contributed by atoms with van der Waals surface area (Å²) in [5.41, 5.74) is 4.68. The molecule has 0 aliphatic heterocycles. The smallest absolute Gasteiger partial charge is 0.0513 e. The van der Waals surface area contributed by atoms with E-state index < -0.39 is 0 Å². The van der Waals surface area contributed by atoms with Gasteiger partial charge in [-0.05, 0) is 31.0 Å². The number of rotatable bonds is 1. The van der Waals surface area contributed by atoms with Gasteiger partial charge >= 0.3 is 0 Å². The highest BCUT2D eigenvalue weighted by molar-refractivity contribution is 6.34. The maximum absolute atomic E-state index is 6.30. The zero-order valence-corrected chi connectivity index (χ0v) is 9.68. The van der Waals surface area contributed by atoms with Crippen molar-refractivity contribution in [3.8, 4) is 11.1 Å². The fourth-order valence-electron chi connectivity index (χ4n) is 1.78. The Hall–Kier alpha value is -1.27. The second-order valence-electron chi connectivity index (χ2n) is 3.81. The van der Waals surface area contributed by atoms with Crippen LogP contribution < -0.4 is 0 Å². The van der Waals surface area contributed by atoms with E-state index in [1.165, 1.54) is 11.1 Å². The van der Waals surface area contributed by atoms with Crippen LogP contribution in [0.4, 0.5) is 0 Å². The van der Waals surface area contributed by atoms with Crippen molar-refractivity contribution in [2.24, 2.45) is 0 Å². The number of hydrogen-bond donors (Lipinski definition) is 0. The van der Waals surface area contributed by atoms with Gasteiger partial charge in [-0.2, -0.15) is 0 Å². The van der Waals surface area contributed by atoms with Crippen LogP contribution in [0.5, 0.6) is 0 Å². The van der Waals surface area contributed by atoms with E-state index in [9.17, 15) is 0 Å². The monoisotopic (exact) mass is 216 g/mol. The van der Waals surface area contributed by atoms with Crippen LogP contribution in [-0.4, -0.2) is 0 Å². The molecule has 0 heterocycles. The molecule has 0 spiro atoms. The Balaban J connectivity index is 2.63. The first kappa shape index (κ1) is 10.3. The molecule has 15 heavy (non-hydrogen) atoms. The highest BCUT2D eigenvalue weighted by atomic mass is 35.5. The van der Waals surface area contributed by atoms with E-state index in [4.69, 9.17) is 11.6 Å². The van der Waals surface area contributed by atoms with Crippen molar-refractivity contribution in [1.29, 1.82) is 0 Å². The van der Waals surface area contributed by atoms with E-state index >= 15 is 0 Å². The highest BCUT2D eigenvalue weighted by Gasteiger charge is 2.06. The average Bonchev–Trinajstić information content (AvgIpc) is 2.24. The van der Waals surface area contributed by atoms with Crippen LogP contribution in [0.15, 0.2) is 42.5 Å². The number of aryl methyl sites for hydroxylation is 2. The van der Waals surface area contributed by atoms with Crippen LogP contribution in [-0.2, 0) is 0 Å². The Bertz CT molecular complexity index is 472. The van der Waals surface area contributed by atoms with Gasteiger partial charge < -0.3 is 0 Å². The topological polar surface area (TPSA) is 0 Å². The van der Waals surface area contributed by atoms with Gasteiger partial charge in [0.05, 0.1) is 5.02 Å². The van der Waals surface area contributed by atoms with Gasteiger partial charge in [0.25, 0.3) is 0 Å². The Morgan fingerprint density at radius 2 is 1.60 bits per heavy atom. The van der Waals surface area contributed by atoms with Crippen molar-refractivity contribution in [2.75, 3.05) is 0 Å². The Morgan fingerprint density at radius 3 is 2.27 bits per heavy atom. The van der Waals surface area contributed by atoms with Gasteiger partial charge in [-0.15, -0.1) is 0 Å². The summed E-state index contributed by atoms with van der Waals surface area (Å²) in [6, 6.07) is 14.5. The standard InChI is InChI=1S/C14H13Cl/c1-10-8-11(2)14(15)13(9-10)12-6-4-3-5-7-12/h3-9H,1-2H3. The summed E-state index contributed by atoms with van der Waals surface area (Å²) in [5.74, 6) is 0. The summed E-state index contributed by atoms with van der Waals surface area (Å²) in [5, 5.41) is 0.854. The predicted octanol–water partition coefficient (Wildman–Crippen LogP) is 4.62. The summed E-state index contributed by atoms with van der Waals surface area (Å²) in [6.07, 6.45) is 0. The maximum atomic E-state index is 6.30. The van der Waals surface area contributed by atoms with Crippen molar-refractivity contribution < 1.29 is 0 Å². The first-order valence-corrected chi connectivity index (χ1v) is 5.38. The summed E-state index contributed by atoms with van der Waals surface area (Å²) in [4.78, 5) is 0. The fraction of sp³-hybridized carbons (Fsp3) is 0.143. The lowest BCUT2D eigenvalue weighted by molar-refractivity contribution is 1.38. The molecule has 0 atom stereocenters. The molecule has 0 N–H and O–H groups in total. The molecule has 0 aliphatic carbocycles. The minimum atomic E-state index is 0.854. The van der Waals surface area contributed by atoms with Gasteiger partial charge in [0.2, 0.25) is 0 Å². The second kappa shape index (κ2) is 4.08. The average molecular weight is 217 g/mol. The molecule has 0 aliphatic rings. The zero-order chi connectivity index (χ0) is 10.8. The van der Waals surface area contributed by atoms with Crippen molar-refractivity contribution in [1.82, 2.24) is 0 Å². The molecule has 1 heteroatoms. The van der Waals surface area contributed by atoms with E-state index in [0.717, 1.165) is 16.1 Å². The molecule has 0 nitrogen and oxygen atoms in total. The largest absolute Gasteiger partial charge is 0.0834 e. The third kappa shape index (κ3) is 2.05. The maximum Gasteiger partial charge on any atom is 0.0513 e. The van der Waals surface area contributed by atoms with E-state index in [1.807, 2.05) is 25.1 Å². The van der Waals surface area contributed by atoms with Gasteiger partial charge in [0.1, 0.15) is 0 Å². The molecule has 76 valence electrons. The van der Waals surface area contributed by atoms with E-state index in [2.05, 4.69) is 31.2 Å². The van der Waals surface area contributed by atoms with Crippen LogP contribution in [0, 0.1) is 13.8 Å². The molecule has 0 fully saturated rings. The third-order valence-electron chi connectivity index (χ3n) is 2.48. The van der Waals surface area contributed by atoms with Crippen LogP contribution >= 0.6 is 11.6 Å². The molecule has 0 unspecified atom stereocenters. The lowest BCUT2D eigenvalue weighted by atomic mass is 10.0. The SMILES string of the molecule is Cc1cc(C)c(Cl)c(-c2ccccc2)c1. The van der Waals surface area contributed by atoms with Crippen molar-refractivity contribution in [3.63, 3.8) is 0 Å². The molecule has 0 bridgehead atoms. The lowest BCUT2D eigenvalue weighted by Crippen LogP contribution is -1.85. The van der Waals surface area contributed by atoms with Gasteiger partial charge in [0, 0.05) is 5.56 Å². The van der Waals surface area contributed by atoms with Crippen molar-refractivity contribution in [2.45, 2.75) is 13.8 Å². The molecular weight excluding hydrogens is 204 g/mol. The molecule has 0 saturated heterocycles. The minimum absolute atomic E-state index is 0.854. The number of benzene rings is 2. The molecule has 2 rings (SSSR count). The van der Waals surface area contributed by atoms with Gasteiger partial charge in [0.15, 0.2) is 0 Å². The third-order valence-corrected chi connectivity index (χ3v) is 2.99. The molecule has 0 radical (unpaired) electrons. The summed E-state index contributed by atoms with van der Waals surface area (Å²) in [6.45, 7) is 4.14. The van der Waals surface area contributed by atoms with E-state index in [0.29, 0.717) is 0 Å². The molecule has 0 saturated carbocycles. The Labute approximate surface area is 95.5 Å². The zero-order valence-electron chi connectivity index (χ0n) is 8.92. The van der Waals surface area contributed by atoms with E-state index in [1.54, 1.807) is 0 Å². The van der Waals surface area contributed by atoms with Crippen LogP contribution in [0.25, 0.3) is 11.1 Å². The van der Waals surface area contributed by atoms with Crippen molar-refractivity contribution >= 4 is 11.6 Å². The van der Waals surface area contributed by atoms with Gasteiger partial charge in [-0.3, -0.25) is 0 Å². The summed E-state index contributed by atoms with van der Waals surface area (Å²) < 4.78 is 0. The predicted molar refractivity (Wildman–Crippen MR) is 66.4 cm³/mol. The summed E-state index contributed by atoms with van der Waals surface area (Å²) >= 11 is 6.30. The summed E-state index contributed by atoms with van der Waals surface area (Å²) in [7, 11) is 0. The fourth-order valence-corrected chi connectivity index (χ4v) is 2.00. The number of halogens is 1. The highest BCUT2D eigenvalue weighted by Crippen LogP contribution is 2.31. The molecule has 0 amide bonds. The van der Waals surface area contributed by atoms with Crippen LogP contribution in [0.3, 0.4) is 0 Å². The normalized spacial score (nSPS) is 10.3. The van der Waals surface area contributed by atoms with Gasteiger partial charge in [-0.25, -0.2) is 0 Å². The van der Waals surface area contributed by atoms with Gasteiger partial charge in [-0.1, -0.05) is 53.6 Å². The molecule has 0 aromatic heterocycles. The second-order valence-corrected chi connectivity index (χ2v) is 4.19. The van der Waals surface area contributed by atoms with Crippen molar-refractivity contribution in [3.05, 3.63) is 58.6 Å². The molecule has 2 aromatic carbocycles. The quantitative estimate of drug-likeness (QED) is 0.652. The van der Waals surface area contributed by atoms with E-state index in [-0.39, 0.29) is 0 Å². The van der Waals surface area contributed by atoms with Crippen LogP contribution in [0.2, 0.25) is 5.02 Å². The first-order chi connectivity index (χ1) is 7.18. The lowest BCUT2D eigenvalue weighted by Gasteiger charge is -2.08. The Kier molecular flexibility index (Phi) is 2.79. The first-order valence-electron chi connectivity index (χ1n) is 5.00. The molecular formula is C14H13Cl. The Morgan fingerprint density at radius 1 is 0.933 bits per heavy atom. The minimum Gasteiger partial charge on any atom is -0.0834 e.